The van der Waals surface area contributed by atoms with Gasteiger partial charge in [0.2, 0.25) is 0 Å². The molecule has 0 aromatic heterocycles. The van der Waals surface area contributed by atoms with Crippen LogP contribution in [0.15, 0.2) is 59.5 Å². The molecule has 1 aliphatic heterocycles. The van der Waals surface area contributed by atoms with Crippen molar-refractivity contribution < 1.29 is 14.4 Å². The Morgan fingerprint density at radius 3 is 2.46 bits per heavy atom. The van der Waals surface area contributed by atoms with E-state index in [1.54, 1.807) is 18.2 Å². The van der Waals surface area contributed by atoms with Crippen LogP contribution in [-0.2, 0) is 4.79 Å². The molecule has 0 radical (unpaired) electrons. The van der Waals surface area contributed by atoms with Gasteiger partial charge in [0.05, 0.1) is 4.91 Å². The number of amides is 3. The van der Waals surface area contributed by atoms with Gasteiger partial charge in [-0.15, -0.1) is 0 Å². The van der Waals surface area contributed by atoms with Crippen molar-refractivity contribution in [1.82, 2.24) is 10.2 Å². The van der Waals surface area contributed by atoms with E-state index in [4.69, 9.17) is 0 Å². The number of rotatable bonds is 5. The van der Waals surface area contributed by atoms with Gasteiger partial charge in [0, 0.05) is 22.2 Å². The van der Waals surface area contributed by atoms with E-state index in [-0.39, 0.29) is 30.1 Å². The van der Waals surface area contributed by atoms with Gasteiger partial charge in [-0.3, -0.25) is 19.3 Å². The molecule has 7 heteroatoms. The fourth-order valence-corrected chi connectivity index (χ4v) is 3.60. The second-order valence-corrected chi connectivity index (χ2v) is 7.75. The van der Waals surface area contributed by atoms with Gasteiger partial charge >= 0.3 is 0 Å². The summed E-state index contributed by atoms with van der Waals surface area (Å²) in [6.07, 6.45) is 1.70. The van der Waals surface area contributed by atoms with Crippen LogP contribution in [0.5, 0.6) is 0 Å². The summed E-state index contributed by atoms with van der Waals surface area (Å²) in [5.74, 6) is -0.555. The third-order valence-electron chi connectivity index (χ3n) is 3.70. The molecule has 1 saturated heterocycles. The molecule has 0 bridgehead atoms. The van der Waals surface area contributed by atoms with E-state index in [0.29, 0.717) is 10.5 Å². The molecule has 132 valence electrons. The maximum Gasteiger partial charge on any atom is 0.293 e. The first kappa shape index (κ1) is 18.7. The Morgan fingerprint density at radius 1 is 1.08 bits per heavy atom. The van der Waals surface area contributed by atoms with Crippen molar-refractivity contribution in [3.63, 3.8) is 0 Å². The second kappa shape index (κ2) is 8.50. The van der Waals surface area contributed by atoms with Crippen LogP contribution < -0.4 is 5.32 Å². The van der Waals surface area contributed by atoms with Crippen molar-refractivity contribution in [2.24, 2.45) is 0 Å². The fourth-order valence-electron chi connectivity index (χ4n) is 2.38. The third kappa shape index (κ3) is 4.53. The van der Waals surface area contributed by atoms with E-state index in [1.807, 2.05) is 42.5 Å². The molecule has 0 atom stereocenters. The SMILES string of the molecule is O=C(NCCN1C(=O)S/C(=C\c2ccccc2)C1=O)c1ccc(I)cc1. The minimum Gasteiger partial charge on any atom is -0.350 e. The molecule has 0 spiro atoms. The molecule has 1 aliphatic rings. The van der Waals surface area contributed by atoms with Gasteiger partial charge in [-0.1, -0.05) is 30.3 Å². The first-order valence-corrected chi connectivity index (χ1v) is 9.78. The van der Waals surface area contributed by atoms with Gasteiger partial charge in [-0.2, -0.15) is 0 Å². The van der Waals surface area contributed by atoms with E-state index in [0.717, 1.165) is 25.8 Å². The molecule has 1 fully saturated rings. The van der Waals surface area contributed by atoms with Gasteiger partial charge in [0.25, 0.3) is 17.1 Å². The number of carbonyl (C=O) groups excluding carboxylic acids is 3. The number of hydrogen-bond donors (Lipinski definition) is 1. The zero-order valence-corrected chi connectivity index (χ0v) is 16.6. The lowest BCUT2D eigenvalue weighted by atomic mass is 10.2. The maximum atomic E-state index is 12.4. The summed E-state index contributed by atoms with van der Waals surface area (Å²) in [6, 6.07) is 16.5. The molecular formula is C19H15IN2O3S. The van der Waals surface area contributed by atoms with Crippen LogP contribution in [0.3, 0.4) is 0 Å². The molecule has 0 saturated carbocycles. The molecule has 26 heavy (non-hydrogen) atoms. The van der Waals surface area contributed by atoms with Crippen molar-refractivity contribution in [1.29, 1.82) is 0 Å². The smallest absolute Gasteiger partial charge is 0.293 e. The highest BCUT2D eigenvalue weighted by atomic mass is 127. The number of carbonyl (C=O) groups is 3. The van der Waals surface area contributed by atoms with Crippen molar-refractivity contribution >= 4 is 57.5 Å². The Kier molecular flexibility index (Phi) is 6.10. The summed E-state index contributed by atoms with van der Waals surface area (Å²) >= 11 is 3.09. The summed E-state index contributed by atoms with van der Waals surface area (Å²) in [5.41, 5.74) is 1.41. The Labute approximate surface area is 169 Å². The van der Waals surface area contributed by atoms with Gasteiger partial charge in [-0.25, -0.2) is 0 Å². The first-order chi connectivity index (χ1) is 12.5. The van der Waals surface area contributed by atoms with E-state index >= 15 is 0 Å². The van der Waals surface area contributed by atoms with E-state index in [2.05, 4.69) is 27.9 Å². The van der Waals surface area contributed by atoms with Gasteiger partial charge in [0.1, 0.15) is 0 Å². The minimum atomic E-state index is -0.327. The number of benzene rings is 2. The quantitative estimate of drug-likeness (QED) is 0.525. The zero-order valence-electron chi connectivity index (χ0n) is 13.6. The molecule has 2 aromatic carbocycles. The largest absolute Gasteiger partial charge is 0.350 e. The average molecular weight is 478 g/mol. The molecule has 3 amide bonds. The fraction of sp³-hybridized carbons (Fsp3) is 0.105. The first-order valence-electron chi connectivity index (χ1n) is 7.89. The molecule has 0 unspecified atom stereocenters. The lowest BCUT2D eigenvalue weighted by molar-refractivity contribution is -0.122. The van der Waals surface area contributed by atoms with E-state index < -0.39 is 0 Å². The Hall–Kier alpha value is -2.13. The highest BCUT2D eigenvalue weighted by molar-refractivity contribution is 14.1. The van der Waals surface area contributed by atoms with Crippen LogP contribution in [-0.4, -0.2) is 35.0 Å². The Balaban J connectivity index is 1.57. The highest BCUT2D eigenvalue weighted by Gasteiger charge is 2.34. The summed E-state index contributed by atoms with van der Waals surface area (Å²) in [6.45, 7) is 0.356. The zero-order chi connectivity index (χ0) is 18.5. The number of hydrogen-bond acceptors (Lipinski definition) is 4. The van der Waals surface area contributed by atoms with Crippen molar-refractivity contribution in [3.05, 3.63) is 74.2 Å². The number of imide groups is 1. The number of nitrogens with zero attached hydrogens (tertiary/aromatic N) is 1. The van der Waals surface area contributed by atoms with Crippen LogP contribution in [0.2, 0.25) is 0 Å². The summed E-state index contributed by atoms with van der Waals surface area (Å²) in [7, 11) is 0. The summed E-state index contributed by atoms with van der Waals surface area (Å²) < 4.78 is 1.04. The summed E-state index contributed by atoms with van der Waals surface area (Å²) in [5, 5.41) is 2.42. The van der Waals surface area contributed by atoms with Crippen LogP contribution >= 0.6 is 34.4 Å². The molecule has 1 heterocycles. The van der Waals surface area contributed by atoms with Crippen molar-refractivity contribution in [2.75, 3.05) is 13.1 Å². The Bertz CT molecular complexity index is 866. The van der Waals surface area contributed by atoms with E-state index in [1.165, 1.54) is 0 Å². The van der Waals surface area contributed by atoms with Gasteiger partial charge in [0.15, 0.2) is 0 Å². The van der Waals surface area contributed by atoms with Gasteiger partial charge < -0.3 is 5.32 Å². The predicted octanol–water partition coefficient (Wildman–Crippen LogP) is 3.76. The molecule has 0 aliphatic carbocycles. The maximum absolute atomic E-state index is 12.4. The van der Waals surface area contributed by atoms with Gasteiger partial charge in [-0.05, 0) is 70.3 Å². The lowest BCUT2D eigenvalue weighted by Gasteiger charge is -2.13. The lowest BCUT2D eigenvalue weighted by Crippen LogP contribution is -2.37. The molecular weight excluding hydrogens is 463 g/mol. The number of thioether (sulfide) groups is 1. The molecule has 2 aromatic rings. The standard InChI is InChI=1S/C19H15IN2O3S/c20-15-8-6-14(7-9-15)17(23)21-10-11-22-18(24)16(26-19(22)25)12-13-4-2-1-3-5-13/h1-9,12H,10-11H2,(H,21,23)/b16-12-. The van der Waals surface area contributed by atoms with E-state index in [9.17, 15) is 14.4 Å². The summed E-state index contributed by atoms with van der Waals surface area (Å²) in [4.78, 5) is 38.1. The number of halogens is 1. The van der Waals surface area contributed by atoms with Crippen molar-refractivity contribution in [3.8, 4) is 0 Å². The van der Waals surface area contributed by atoms with Crippen LogP contribution in [0.1, 0.15) is 15.9 Å². The van der Waals surface area contributed by atoms with Crippen molar-refractivity contribution in [2.45, 2.75) is 0 Å². The second-order valence-electron chi connectivity index (χ2n) is 5.51. The molecule has 5 nitrogen and oxygen atoms in total. The van der Waals surface area contributed by atoms with Crippen LogP contribution in [0, 0.1) is 3.57 Å². The van der Waals surface area contributed by atoms with Crippen LogP contribution in [0.25, 0.3) is 6.08 Å². The predicted molar refractivity (Wildman–Crippen MR) is 111 cm³/mol. The topological polar surface area (TPSA) is 66.5 Å². The minimum absolute atomic E-state index is 0.146. The molecule has 1 N–H and O–H groups in total. The average Bonchev–Trinajstić information content (AvgIpc) is 2.90. The third-order valence-corrected chi connectivity index (χ3v) is 5.32. The monoisotopic (exact) mass is 478 g/mol. The normalized spacial score (nSPS) is 15.6. The Morgan fingerprint density at radius 2 is 1.77 bits per heavy atom. The highest BCUT2D eigenvalue weighted by Crippen LogP contribution is 2.31. The molecule has 3 rings (SSSR count). The van der Waals surface area contributed by atoms with Crippen LogP contribution in [0.4, 0.5) is 4.79 Å². The number of nitrogens with one attached hydrogen (secondary N) is 1.